The number of hydrogen-bond acceptors (Lipinski definition) is 3. The number of carbonyl (C=O) groups is 2. The van der Waals surface area contributed by atoms with Crippen molar-refractivity contribution in [1.82, 2.24) is 5.32 Å². The molecule has 2 amide bonds. The third-order valence-corrected chi connectivity index (χ3v) is 3.73. The molecule has 1 aromatic carbocycles. The fourth-order valence-corrected chi connectivity index (χ4v) is 2.61. The van der Waals surface area contributed by atoms with E-state index in [-0.39, 0.29) is 11.8 Å². The molecule has 1 aliphatic rings. The highest BCUT2D eigenvalue weighted by atomic mass is 16.5. The first-order valence-electron chi connectivity index (χ1n) is 7.31. The Morgan fingerprint density at radius 3 is 2.90 bits per heavy atom. The van der Waals surface area contributed by atoms with Gasteiger partial charge in [-0.2, -0.15) is 0 Å². The third-order valence-electron chi connectivity index (χ3n) is 3.73. The number of hydrogen-bond donors (Lipinski definition) is 1. The Kier molecular flexibility index (Phi) is 5.33. The first kappa shape index (κ1) is 15.5. The average molecular weight is 290 g/mol. The summed E-state index contributed by atoms with van der Waals surface area (Å²) in [6.45, 7) is 2.68. The van der Waals surface area contributed by atoms with Gasteiger partial charge in [-0.15, -0.1) is 0 Å². The highest BCUT2D eigenvalue weighted by Crippen LogP contribution is 2.28. The molecule has 1 N–H and O–H groups in total. The van der Waals surface area contributed by atoms with Gasteiger partial charge in [0.05, 0.1) is 6.61 Å². The van der Waals surface area contributed by atoms with Crippen molar-refractivity contribution in [3.63, 3.8) is 0 Å². The fraction of sp³-hybridized carbons (Fsp3) is 0.500. The van der Waals surface area contributed by atoms with Crippen molar-refractivity contribution in [2.24, 2.45) is 0 Å². The predicted octanol–water partition coefficient (Wildman–Crippen LogP) is 1.51. The van der Waals surface area contributed by atoms with Gasteiger partial charge in [-0.25, -0.2) is 0 Å². The van der Waals surface area contributed by atoms with Crippen LogP contribution >= 0.6 is 0 Å². The monoisotopic (exact) mass is 290 g/mol. The second kappa shape index (κ2) is 7.22. The lowest BCUT2D eigenvalue weighted by Crippen LogP contribution is -2.48. The number of benzene rings is 1. The smallest absolute Gasteiger partial charge is 0.242 e. The van der Waals surface area contributed by atoms with Crippen molar-refractivity contribution >= 4 is 17.5 Å². The van der Waals surface area contributed by atoms with Crippen molar-refractivity contribution in [3.05, 3.63) is 29.8 Å². The molecule has 114 valence electrons. The van der Waals surface area contributed by atoms with E-state index in [0.717, 1.165) is 24.1 Å². The van der Waals surface area contributed by atoms with Crippen LogP contribution in [0.2, 0.25) is 0 Å². The summed E-state index contributed by atoms with van der Waals surface area (Å²) < 4.78 is 4.92. The topological polar surface area (TPSA) is 58.6 Å². The molecular weight excluding hydrogens is 268 g/mol. The summed E-state index contributed by atoms with van der Waals surface area (Å²) in [5, 5.41) is 2.79. The van der Waals surface area contributed by atoms with E-state index in [1.807, 2.05) is 24.3 Å². The Bertz CT molecular complexity index is 516. The first-order valence-corrected chi connectivity index (χ1v) is 7.31. The number of aryl methyl sites for hydroxylation is 1. The number of rotatable bonds is 5. The fourth-order valence-electron chi connectivity index (χ4n) is 2.61. The van der Waals surface area contributed by atoms with Crippen LogP contribution in [-0.4, -0.2) is 38.1 Å². The molecule has 0 unspecified atom stereocenters. The van der Waals surface area contributed by atoms with Crippen LogP contribution in [0, 0.1) is 0 Å². The molecule has 21 heavy (non-hydrogen) atoms. The summed E-state index contributed by atoms with van der Waals surface area (Å²) in [6, 6.07) is 7.29. The number of anilines is 1. The Balaban J connectivity index is 2.19. The maximum Gasteiger partial charge on any atom is 0.242 e. The predicted molar refractivity (Wildman–Crippen MR) is 81.2 cm³/mol. The number of para-hydroxylation sites is 1. The maximum absolute atomic E-state index is 12.4. The lowest BCUT2D eigenvalue weighted by molar-refractivity contribution is -0.126. The zero-order valence-corrected chi connectivity index (χ0v) is 12.6. The molecule has 5 nitrogen and oxygen atoms in total. The highest BCUT2D eigenvalue weighted by Gasteiger charge is 2.30. The van der Waals surface area contributed by atoms with Crippen molar-refractivity contribution in [2.45, 2.75) is 32.2 Å². The summed E-state index contributed by atoms with van der Waals surface area (Å²) in [4.78, 5) is 26.2. The zero-order chi connectivity index (χ0) is 15.2. The van der Waals surface area contributed by atoms with Crippen LogP contribution in [0.4, 0.5) is 5.69 Å². The molecule has 0 aliphatic carbocycles. The zero-order valence-electron chi connectivity index (χ0n) is 12.6. The molecule has 0 saturated heterocycles. The molecule has 2 rings (SSSR count). The second-order valence-corrected chi connectivity index (χ2v) is 5.21. The van der Waals surface area contributed by atoms with E-state index in [0.29, 0.717) is 19.6 Å². The number of carbonyl (C=O) groups excluding carboxylic acids is 2. The van der Waals surface area contributed by atoms with E-state index in [2.05, 4.69) is 5.32 Å². The number of fused-ring (bicyclic) bond motifs is 1. The van der Waals surface area contributed by atoms with Gasteiger partial charge in [0.15, 0.2) is 0 Å². The van der Waals surface area contributed by atoms with E-state index in [9.17, 15) is 9.59 Å². The van der Waals surface area contributed by atoms with Crippen molar-refractivity contribution < 1.29 is 14.3 Å². The van der Waals surface area contributed by atoms with Gasteiger partial charge in [0, 0.05) is 25.8 Å². The molecule has 0 saturated carbocycles. The summed E-state index contributed by atoms with van der Waals surface area (Å²) in [6.07, 6.45) is 2.17. The molecule has 0 radical (unpaired) electrons. The van der Waals surface area contributed by atoms with E-state index < -0.39 is 6.04 Å². The summed E-state index contributed by atoms with van der Waals surface area (Å²) in [7, 11) is 1.59. The number of nitrogens with zero attached hydrogens (tertiary/aromatic N) is 1. The van der Waals surface area contributed by atoms with E-state index in [4.69, 9.17) is 4.74 Å². The molecular formula is C16H22N2O3. The minimum Gasteiger partial charge on any atom is -0.383 e. The van der Waals surface area contributed by atoms with Crippen LogP contribution < -0.4 is 10.2 Å². The van der Waals surface area contributed by atoms with Gasteiger partial charge in [0.2, 0.25) is 11.8 Å². The average Bonchev–Trinajstić information content (AvgIpc) is 2.65. The first-order chi connectivity index (χ1) is 10.1. The van der Waals surface area contributed by atoms with Crippen molar-refractivity contribution in [3.8, 4) is 0 Å². The van der Waals surface area contributed by atoms with Gasteiger partial charge in [-0.05, 0) is 31.4 Å². The normalized spacial score (nSPS) is 16.1. The van der Waals surface area contributed by atoms with Gasteiger partial charge >= 0.3 is 0 Å². The quantitative estimate of drug-likeness (QED) is 0.836. The van der Waals surface area contributed by atoms with Crippen molar-refractivity contribution in [1.29, 1.82) is 0 Å². The molecule has 0 bridgehead atoms. The van der Waals surface area contributed by atoms with Crippen LogP contribution in [0.25, 0.3) is 0 Å². The molecule has 0 aromatic heterocycles. The largest absolute Gasteiger partial charge is 0.383 e. The lowest BCUT2D eigenvalue weighted by atomic mass is 10.1. The molecule has 1 aliphatic heterocycles. The van der Waals surface area contributed by atoms with Crippen LogP contribution in [0.3, 0.4) is 0 Å². The molecule has 1 heterocycles. The summed E-state index contributed by atoms with van der Waals surface area (Å²) in [5.74, 6) is -0.147. The molecule has 1 atom stereocenters. The Labute approximate surface area is 125 Å². The Hall–Kier alpha value is -1.88. The third kappa shape index (κ3) is 3.61. The van der Waals surface area contributed by atoms with Crippen LogP contribution in [0.1, 0.15) is 25.3 Å². The highest BCUT2D eigenvalue weighted by molar-refractivity contribution is 6.01. The number of methoxy groups -OCH3 is 1. The summed E-state index contributed by atoms with van der Waals surface area (Å²) >= 11 is 0. The van der Waals surface area contributed by atoms with Crippen LogP contribution in [0.5, 0.6) is 0 Å². The van der Waals surface area contributed by atoms with E-state index in [1.165, 1.54) is 0 Å². The van der Waals surface area contributed by atoms with E-state index in [1.54, 1.807) is 18.9 Å². The molecule has 5 heteroatoms. The standard InChI is InChI=1S/C16H22N2O3/c1-12(16(20)17-10-11-21-2)18-14-8-4-3-6-13(14)7-5-9-15(18)19/h3-4,6,8,12H,5,7,9-11H2,1-2H3,(H,17,20)/t12-/m1/s1. The summed E-state index contributed by atoms with van der Waals surface area (Å²) in [5.41, 5.74) is 1.98. The van der Waals surface area contributed by atoms with Crippen LogP contribution in [-0.2, 0) is 20.7 Å². The van der Waals surface area contributed by atoms with Gasteiger partial charge in [0.1, 0.15) is 6.04 Å². The molecule has 0 spiro atoms. The number of amides is 2. The van der Waals surface area contributed by atoms with Gasteiger partial charge < -0.3 is 10.1 Å². The second-order valence-electron chi connectivity index (χ2n) is 5.21. The van der Waals surface area contributed by atoms with Gasteiger partial charge in [0.25, 0.3) is 0 Å². The van der Waals surface area contributed by atoms with Crippen molar-refractivity contribution in [2.75, 3.05) is 25.2 Å². The molecule has 0 fully saturated rings. The Morgan fingerprint density at radius 1 is 1.38 bits per heavy atom. The number of ether oxygens (including phenoxy) is 1. The SMILES string of the molecule is COCCNC(=O)[C@@H](C)N1C(=O)CCCc2ccccc21. The minimum absolute atomic E-state index is 0.00865. The van der Waals surface area contributed by atoms with Gasteiger partial charge in [-0.1, -0.05) is 18.2 Å². The molecule has 1 aromatic rings. The number of nitrogens with one attached hydrogen (secondary N) is 1. The van der Waals surface area contributed by atoms with E-state index >= 15 is 0 Å². The minimum atomic E-state index is -0.520. The maximum atomic E-state index is 12.4. The lowest BCUT2D eigenvalue weighted by Gasteiger charge is -2.28. The van der Waals surface area contributed by atoms with Gasteiger partial charge in [-0.3, -0.25) is 14.5 Å². The Morgan fingerprint density at radius 2 is 2.14 bits per heavy atom. The van der Waals surface area contributed by atoms with Crippen LogP contribution in [0.15, 0.2) is 24.3 Å².